The largest absolute Gasteiger partial charge is 0.477 e. The van der Waals surface area contributed by atoms with Crippen LogP contribution in [-0.4, -0.2) is 27.7 Å². The second-order valence-corrected chi connectivity index (χ2v) is 4.94. The van der Waals surface area contributed by atoms with E-state index in [-0.39, 0.29) is 18.0 Å². The molecular formula is C15H14N4O4. The molecule has 23 heavy (non-hydrogen) atoms. The first kappa shape index (κ1) is 14.8. The molecule has 8 nitrogen and oxygen atoms in total. The molecule has 0 radical (unpaired) electrons. The lowest BCUT2D eigenvalue weighted by molar-refractivity contribution is -0.385. The van der Waals surface area contributed by atoms with Crippen LogP contribution in [0, 0.1) is 10.1 Å². The van der Waals surface area contributed by atoms with Crippen molar-refractivity contribution in [1.82, 2.24) is 9.99 Å². The molecule has 1 aromatic heterocycles. The molecule has 2 heterocycles. The van der Waals surface area contributed by atoms with Crippen LogP contribution >= 0.6 is 0 Å². The Balaban J connectivity index is 1.58. The standard InChI is InChI=1S/C15H14N4O4/c20-15(10-23-14-6-2-1-4-13(14)19(21)22)17-16-11-7-9-18-8-3-5-12(11)18/h1-6,8H,7,9-10H2,(H,17,20). The highest BCUT2D eigenvalue weighted by Crippen LogP contribution is 2.25. The Morgan fingerprint density at radius 2 is 2.17 bits per heavy atom. The zero-order valence-electron chi connectivity index (χ0n) is 12.1. The number of fused-ring (bicyclic) bond motifs is 1. The number of benzene rings is 1. The van der Waals surface area contributed by atoms with Crippen LogP contribution in [0.15, 0.2) is 47.7 Å². The third kappa shape index (κ3) is 3.20. The molecule has 1 aliphatic heterocycles. The van der Waals surface area contributed by atoms with Gasteiger partial charge in [0, 0.05) is 25.2 Å². The Labute approximate surface area is 131 Å². The maximum Gasteiger partial charge on any atom is 0.310 e. The fourth-order valence-electron chi connectivity index (χ4n) is 2.37. The normalized spacial score (nSPS) is 14.5. The number of nitrogens with one attached hydrogen (secondary N) is 1. The predicted molar refractivity (Wildman–Crippen MR) is 82.3 cm³/mol. The number of ether oxygens (including phenoxy) is 1. The molecule has 118 valence electrons. The number of hydrazone groups is 1. The number of hydrogen-bond acceptors (Lipinski definition) is 5. The summed E-state index contributed by atoms with van der Waals surface area (Å²) < 4.78 is 7.25. The number of nitro groups is 1. The number of nitrogens with zero attached hydrogens (tertiary/aromatic N) is 3. The second-order valence-electron chi connectivity index (χ2n) is 4.94. The number of rotatable bonds is 5. The van der Waals surface area contributed by atoms with Crippen molar-refractivity contribution in [1.29, 1.82) is 0 Å². The van der Waals surface area contributed by atoms with Crippen LogP contribution in [0.4, 0.5) is 5.69 Å². The van der Waals surface area contributed by atoms with Crippen LogP contribution in [0.2, 0.25) is 0 Å². The molecule has 0 fully saturated rings. The topological polar surface area (TPSA) is 98.8 Å². The van der Waals surface area contributed by atoms with E-state index in [1.165, 1.54) is 18.2 Å². The molecule has 1 aromatic carbocycles. The van der Waals surface area contributed by atoms with Gasteiger partial charge in [-0.3, -0.25) is 14.9 Å². The van der Waals surface area contributed by atoms with Crippen molar-refractivity contribution in [2.24, 2.45) is 5.10 Å². The summed E-state index contributed by atoms with van der Waals surface area (Å²) in [5.74, 6) is -0.421. The summed E-state index contributed by atoms with van der Waals surface area (Å²) in [6.07, 6.45) is 2.71. The SMILES string of the molecule is O=C(COc1ccccc1[N+](=O)[O-])NN=C1CCn2cccc21. The van der Waals surface area contributed by atoms with Crippen LogP contribution < -0.4 is 10.2 Å². The monoisotopic (exact) mass is 314 g/mol. The van der Waals surface area contributed by atoms with Gasteiger partial charge >= 0.3 is 5.69 Å². The molecule has 3 rings (SSSR count). The van der Waals surface area contributed by atoms with Crippen LogP contribution in [0.25, 0.3) is 0 Å². The molecule has 2 aromatic rings. The van der Waals surface area contributed by atoms with Gasteiger partial charge in [-0.25, -0.2) is 5.43 Å². The minimum Gasteiger partial charge on any atom is -0.477 e. The van der Waals surface area contributed by atoms with Gasteiger partial charge in [-0.2, -0.15) is 5.10 Å². The Hall–Kier alpha value is -3.16. The highest BCUT2D eigenvalue weighted by Gasteiger charge is 2.17. The molecule has 1 N–H and O–H groups in total. The van der Waals surface area contributed by atoms with E-state index in [9.17, 15) is 14.9 Å². The second kappa shape index (κ2) is 6.30. The number of carbonyl (C=O) groups excluding carboxylic acids is 1. The fourth-order valence-corrected chi connectivity index (χ4v) is 2.37. The molecule has 1 aliphatic rings. The number of para-hydroxylation sites is 2. The van der Waals surface area contributed by atoms with Crippen molar-refractivity contribution in [3.8, 4) is 5.75 Å². The molecule has 0 unspecified atom stereocenters. The first-order valence-electron chi connectivity index (χ1n) is 7.02. The number of carbonyl (C=O) groups is 1. The summed E-state index contributed by atoms with van der Waals surface area (Å²) in [5, 5.41) is 14.9. The van der Waals surface area contributed by atoms with Crippen LogP contribution in [0.3, 0.4) is 0 Å². The van der Waals surface area contributed by atoms with Crippen molar-refractivity contribution in [3.05, 3.63) is 58.4 Å². The average molecular weight is 314 g/mol. The van der Waals surface area contributed by atoms with Crippen molar-refractivity contribution >= 4 is 17.3 Å². The molecule has 0 bridgehead atoms. The van der Waals surface area contributed by atoms with E-state index < -0.39 is 10.8 Å². The lowest BCUT2D eigenvalue weighted by Gasteiger charge is -2.05. The van der Waals surface area contributed by atoms with Crippen LogP contribution in [-0.2, 0) is 11.3 Å². The van der Waals surface area contributed by atoms with Crippen molar-refractivity contribution in [2.45, 2.75) is 13.0 Å². The Morgan fingerprint density at radius 1 is 1.35 bits per heavy atom. The average Bonchev–Trinajstić information content (AvgIpc) is 3.15. The summed E-state index contributed by atoms with van der Waals surface area (Å²) in [7, 11) is 0. The maximum absolute atomic E-state index is 11.8. The first-order valence-corrected chi connectivity index (χ1v) is 7.02. The van der Waals surface area contributed by atoms with Crippen LogP contribution in [0.5, 0.6) is 5.75 Å². The lowest BCUT2D eigenvalue weighted by Crippen LogP contribution is -2.25. The highest BCUT2D eigenvalue weighted by atomic mass is 16.6. The third-order valence-corrected chi connectivity index (χ3v) is 3.45. The molecule has 8 heteroatoms. The van der Waals surface area contributed by atoms with Gasteiger partial charge in [0.2, 0.25) is 0 Å². The summed E-state index contributed by atoms with van der Waals surface area (Å²) in [5.41, 5.74) is 4.01. The summed E-state index contributed by atoms with van der Waals surface area (Å²) in [4.78, 5) is 22.1. The third-order valence-electron chi connectivity index (χ3n) is 3.45. The Morgan fingerprint density at radius 3 is 3.00 bits per heavy atom. The van der Waals surface area contributed by atoms with Crippen molar-refractivity contribution in [2.75, 3.05) is 6.61 Å². The van der Waals surface area contributed by atoms with Gasteiger partial charge < -0.3 is 9.30 Å². The van der Waals surface area contributed by atoms with E-state index in [1.807, 2.05) is 18.3 Å². The maximum atomic E-state index is 11.8. The van der Waals surface area contributed by atoms with Gasteiger partial charge in [-0.15, -0.1) is 0 Å². The van der Waals surface area contributed by atoms with Gasteiger partial charge in [0.05, 0.1) is 16.3 Å². The van der Waals surface area contributed by atoms with E-state index in [0.29, 0.717) is 0 Å². The molecule has 0 spiro atoms. The molecule has 0 saturated carbocycles. The summed E-state index contributed by atoms with van der Waals surface area (Å²) >= 11 is 0. The Kier molecular flexibility index (Phi) is 4.05. The fraction of sp³-hybridized carbons (Fsp3) is 0.200. The molecule has 0 saturated heterocycles. The number of aryl methyl sites for hydroxylation is 1. The Bertz CT molecular complexity index is 781. The first-order chi connectivity index (χ1) is 11.1. The minimum absolute atomic E-state index is 0.0510. The number of nitro benzene ring substituents is 1. The lowest BCUT2D eigenvalue weighted by atomic mass is 10.2. The number of hydrogen-bond donors (Lipinski definition) is 1. The molecule has 0 aliphatic carbocycles. The van der Waals surface area contributed by atoms with E-state index in [4.69, 9.17) is 4.74 Å². The molecular weight excluding hydrogens is 300 g/mol. The van der Waals surface area contributed by atoms with Gasteiger partial charge in [0.15, 0.2) is 12.4 Å². The molecule has 0 atom stereocenters. The summed E-state index contributed by atoms with van der Waals surface area (Å²) in [6, 6.07) is 9.76. The number of aromatic nitrogens is 1. The van der Waals surface area contributed by atoms with Gasteiger partial charge in [0.1, 0.15) is 0 Å². The molecule has 1 amide bonds. The van der Waals surface area contributed by atoms with Crippen molar-refractivity contribution in [3.63, 3.8) is 0 Å². The van der Waals surface area contributed by atoms with Crippen molar-refractivity contribution < 1.29 is 14.5 Å². The van der Waals surface area contributed by atoms with Gasteiger partial charge in [0.25, 0.3) is 5.91 Å². The van der Waals surface area contributed by atoms with Crippen LogP contribution in [0.1, 0.15) is 12.1 Å². The highest BCUT2D eigenvalue weighted by molar-refractivity contribution is 6.01. The zero-order valence-corrected chi connectivity index (χ0v) is 12.1. The smallest absolute Gasteiger partial charge is 0.310 e. The number of amides is 1. The van der Waals surface area contributed by atoms with E-state index >= 15 is 0 Å². The van der Waals surface area contributed by atoms with Gasteiger partial charge in [-0.05, 0) is 18.2 Å². The van der Waals surface area contributed by atoms with E-state index in [1.54, 1.807) is 6.07 Å². The summed E-state index contributed by atoms with van der Waals surface area (Å²) in [6.45, 7) is 0.492. The van der Waals surface area contributed by atoms with E-state index in [2.05, 4.69) is 15.1 Å². The van der Waals surface area contributed by atoms with E-state index in [0.717, 1.165) is 24.4 Å². The zero-order chi connectivity index (χ0) is 16.2. The minimum atomic E-state index is -0.555. The quantitative estimate of drug-likeness (QED) is 0.670. The predicted octanol–water partition coefficient (Wildman–Crippen LogP) is 1.70. The van der Waals surface area contributed by atoms with Gasteiger partial charge in [-0.1, -0.05) is 12.1 Å².